The lowest BCUT2D eigenvalue weighted by atomic mass is 10.0. The monoisotopic (exact) mass is 805 g/mol. The van der Waals surface area contributed by atoms with E-state index in [1.54, 1.807) is 0 Å². The predicted molar refractivity (Wildman–Crippen MR) is 258 cm³/mol. The standard InChI is InChI=1S/C57H35N5O/c1-5-17-36(18-6-1)41-31-32-49(62-48-28-16-14-26-43(48)46-34-45-42-25-13-15-27-47(42)61(50(45)35-51(46)62)40-23-11-4-12-24-40)53-44-30-29-39(33-52(44)63-54(41)53)57-59-55(37-19-7-2-8-20-37)58-56(60-57)38-21-9-3-10-22-38/h1-35H. The van der Waals surface area contributed by atoms with Crippen LogP contribution >= 0.6 is 0 Å². The summed E-state index contributed by atoms with van der Waals surface area (Å²) in [6.45, 7) is 0. The summed E-state index contributed by atoms with van der Waals surface area (Å²) in [7, 11) is 0. The van der Waals surface area contributed by atoms with Crippen molar-refractivity contribution in [3.05, 3.63) is 212 Å². The lowest BCUT2D eigenvalue weighted by molar-refractivity contribution is 0.670. The number of hydrogen-bond acceptors (Lipinski definition) is 4. The molecule has 294 valence electrons. The fourth-order valence-corrected chi connectivity index (χ4v) is 9.52. The smallest absolute Gasteiger partial charge is 0.164 e. The van der Waals surface area contributed by atoms with E-state index in [4.69, 9.17) is 19.4 Å². The normalized spacial score (nSPS) is 11.8. The number of furan rings is 1. The molecular weight excluding hydrogens is 771 g/mol. The van der Waals surface area contributed by atoms with Gasteiger partial charge in [0.15, 0.2) is 17.5 Å². The highest BCUT2D eigenvalue weighted by molar-refractivity contribution is 6.21. The quantitative estimate of drug-likeness (QED) is 0.168. The molecule has 13 rings (SSSR count). The molecule has 0 spiro atoms. The van der Waals surface area contributed by atoms with Crippen molar-refractivity contribution in [3.63, 3.8) is 0 Å². The first kappa shape index (κ1) is 35.2. The molecule has 63 heavy (non-hydrogen) atoms. The Morgan fingerprint density at radius 3 is 1.46 bits per heavy atom. The predicted octanol–water partition coefficient (Wildman–Crippen LogP) is 14.6. The van der Waals surface area contributed by atoms with Crippen molar-refractivity contribution in [1.82, 2.24) is 24.1 Å². The zero-order valence-electron chi connectivity index (χ0n) is 33.9. The van der Waals surface area contributed by atoms with Crippen molar-refractivity contribution in [1.29, 1.82) is 0 Å². The molecule has 6 heteroatoms. The number of aromatic nitrogens is 5. The van der Waals surface area contributed by atoms with Crippen LogP contribution in [0.2, 0.25) is 0 Å². The van der Waals surface area contributed by atoms with E-state index in [2.05, 4.69) is 161 Å². The summed E-state index contributed by atoms with van der Waals surface area (Å²) in [4.78, 5) is 15.0. The minimum Gasteiger partial charge on any atom is -0.455 e. The molecular formula is C57H35N5O. The molecule has 6 nitrogen and oxygen atoms in total. The minimum atomic E-state index is 0.578. The summed E-state index contributed by atoms with van der Waals surface area (Å²) in [6, 6.07) is 74.4. The first-order valence-electron chi connectivity index (χ1n) is 21.2. The number of hydrogen-bond donors (Lipinski definition) is 0. The van der Waals surface area contributed by atoms with Gasteiger partial charge in [-0.1, -0.05) is 152 Å². The summed E-state index contributed by atoms with van der Waals surface area (Å²) in [5.41, 5.74) is 13.1. The molecule has 0 radical (unpaired) electrons. The Kier molecular flexibility index (Phi) is 7.80. The Labute approximate surface area is 361 Å². The van der Waals surface area contributed by atoms with Crippen molar-refractivity contribution in [2.45, 2.75) is 0 Å². The van der Waals surface area contributed by atoms with Crippen LogP contribution in [0.15, 0.2) is 217 Å². The van der Waals surface area contributed by atoms with E-state index >= 15 is 0 Å². The van der Waals surface area contributed by atoms with E-state index in [-0.39, 0.29) is 0 Å². The third-order valence-corrected chi connectivity index (χ3v) is 12.4. The third-order valence-electron chi connectivity index (χ3n) is 12.4. The van der Waals surface area contributed by atoms with Gasteiger partial charge in [-0.15, -0.1) is 0 Å². The van der Waals surface area contributed by atoms with Crippen LogP contribution in [0.3, 0.4) is 0 Å². The Balaban J connectivity index is 1.09. The maximum absolute atomic E-state index is 7.09. The fourth-order valence-electron chi connectivity index (χ4n) is 9.52. The Bertz CT molecular complexity index is 3830. The Morgan fingerprint density at radius 2 is 0.841 bits per heavy atom. The molecule has 0 bridgehead atoms. The molecule has 0 aliphatic carbocycles. The highest BCUT2D eigenvalue weighted by Crippen LogP contribution is 2.45. The van der Waals surface area contributed by atoms with Crippen molar-refractivity contribution >= 4 is 65.6 Å². The van der Waals surface area contributed by atoms with Gasteiger partial charge in [0.2, 0.25) is 0 Å². The van der Waals surface area contributed by atoms with Gasteiger partial charge in [0.05, 0.1) is 33.1 Å². The zero-order valence-corrected chi connectivity index (χ0v) is 33.9. The van der Waals surface area contributed by atoms with Crippen molar-refractivity contribution in [2.24, 2.45) is 0 Å². The lowest BCUT2D eigenvalue weighted by Gasteiger charge is -2.13. The number of fused-ring (bicyclic) bond motifs is 9. The van der Waals surface area contributed by atoms with E-state index in [1.807, 2.05) is 60.7 Å². The SMILES string of the molecule is c1ccc(-c2nc(-c3ccccc3)nc(-c3ccc4c(c3)oc3c(-c5ccccc5)ccc(-n5c6ccccc6c6cc7c8ccccc8n(-c8ccccc8)c7cc65)c34)n2)cc1. The highest BCUT2D eigenvalue weighted by atomic mass is 16.3. The molecule has 0 fully saturated rings. The molecule has 13 aromatic rings. The molecule has 0 aliphatic rings. The van der Waals surface area contributed by atoms with Crippen molar-refractivity contribution in [3.8, 4) is 56.7 Å². The maximum Gasteiger partial charge on any atom is 0.164 e. The van der Waals surface area contributed by atoms with Crippen LogP contribution in [0.4, 0.5) is 0 Å². The molecule has 4 heterocycles. The van der Waals surface area contributed by atoms with E-state index in [0.717, 1.165) is 77.7 Å². The van der Waals surface area contributed by atoms with Gasteiger partial charge in [0.25, 0.3) is 0 Å². The molecule has 0 amide bonds. The van der Waals surface area contributed by atoms with Crippen LogP contribution in [-0.4, -0.2) is 24.1 Å². The summed E-state index contributed by atoms with van der Waals surface area (Å²) in [6.07, 6.45) is 0. The molecule has 0 atom stereocenters. The van der Waals surface area contributed by atoms with E-state index in [1.165, 1.54) is 27.1 Å². The minimum absolute atomic E-state index is 0.578. The summed E-state index contributed by atoms with van der Waals surface area (Å²) in [5, 5.41) is 6.89. The molecule has 0 saturated carbocycles. The average molecular weight is 806 g/mol. The Morgan fingerprint density at radius 1 is 0.333 bits per heavy atom. The van der Waals surface area contributed by atoms with Gasteiger partial charge < -0.3 is 13.6 Å². The van der Waals surface area contributed by atoms with Crippen LogP contribution in [0, 0.1) is 0 Å². The second-order valence-electron chi connectivity index (χ2n) is 16.0. The topological polar surface area (TPSA) is 61.7 Å². The molecule has 9 aromatic carbocycles. The van der Waals surface area contributed by atoms with Crippen LogP contribution in [0.5, 0.6) is 0 Å². The molecule has 0 saturated heterocycles. The highest BCUT2D eigenvalue weighted by Gasteiger charge is 2.23. The van der Waals surface area contributed by atoms with Gasteiger partial charge >= 0.3 is 0 Å². The lowest BCUT2D eigenvalue weighted by Crippen LogP contribution is -2.00. The first-order valence-corrected chi connectivity index (χ1v) is 21.2. The summed E-state index contributed by atoms with van der Waals surface area (Å²) < 4.78 is 11.9. The van der Waals surface area contributed by atoms with E-state index in [0.29, 0.717) is 17.5 Å². The number of rotatable bonds is 6. The first-order chi connectivity index (χ1) is 31.2. The second-order valence-corrected chi connectivity index (χ2v) is 16.0. The molecule has 0 unspecified atom stereocenters. The Hall–Kier alpha value is -8.61. The van der Waals surface area contributed by atoms with Crippen LogP contribution in [0.1, 0.15) is 0 Å². The van der Waals surface area contributed by atoms with E-state index < -0.39 is 0 Å². The summed E-state index contributed by atoms with van der Waals surface area (Å²) in [5.74, 6) is 1.81. The number of benzene rings is 9. The van der Waals surface area contributed by atoms with Gasteiger partial charge in [-0.25, -0.2) is 15.0 Å². The zero-order chi connectivity index (χ0) is 41.4. The van der Waals surface area contributed by atoms with Gasteiger partial charge in [0, 0.05) is 54.9 Å². The maximum atomic E-state index is 7.09. The number of nitrogens with zero attached hydrogens (tertiary/aromatic N) is 5. The average Bonchev–Trinajstić information content (AvgIpc) is 4.01. The summed E-state index contributed by atoms with van der Waals surface area (Å²) >= 11 is 0. The second kappa shape index (κ2) is 14.0. The van der Waals surface area contributed by atoms with Crippen molar-refractivity contribution < 1.29 is 4.42 Å². The van der Waals surface area contributed by atoms with Crippen LogP contribution in [-0.2, 0) is 0 Å². The van der Waals surface area contributed by atoms with Gasteiger partial charge in [0.1, 0.15) is 11.2 Å². The third kappa shape index (κ3) is 5.55. The fraction of sp³-hybridized carbons (Fsp3) is 0. The van der Waals surface area contributed by atoms with Crippen LogP contribution in [0.25, 0.3) is 122 Å². The molecule has 0 aliphatic heterocycles. The van der Waals surface area contributed by atoms with Gasteiger partial charge in [-0.05, 0) is 66.2 Å². The van der Waals surface area contributed by atoms with Crippen molar-refractivity contribution in [2.75, 3.05) is 0 Å². The number of para-hydroxylation sites is 3. The largest absolute Gasteiger partial charge is 0.455 e. The molecule has 4 aromatic heterocycles. The van der Waals surface area contributed by atoms with Gasteiger partial charge in [-0.2, -0.15) is 0 Å². The van der Waals surface area contributed by atoms with Gasteiger partial charge in [-0.3, -0.25) is 0 Å². The van der Waals surface area contributed by atoms with Crippen LogP contribution < -0.4 is 0 Å². The molecule has 0 N–H and O–H groups in total. The van der Waals surface area contributed by atoms with E-state index in [9.17, 15) is 0 Å².